The Morgan fingerprint density at radius 1 is 1.73 bits per heavy atom. The summed E-state index contributed by atoms with van der Waals surface area (Å²) in [4.78, 5) is 6.79. The SMILES string of the molecule is Cc1nc(F)ncc1CC#N. The molecule has 0 radical (unpaired) electrons. The molecule has 0 spiro atoms. The third-order valence-corrected chi connectivity index (χ3v) is 1.32. The second-order valence-corrected chi connectivity index (χ2v) is 2.08. The molecule has 1 aromatic heterocycles. The van der Waals surface area contributed by atoms with Crippen LogP contribution in [0.5, 0.6) is 0 Å². The molecule has 1 heterocycles. The maximum absolute atomic E-state index is 12.3. The largest absolute Gasteiger partial charge is 0.308 e. The van der Waals surface area contributed by atoms with Crippen LogP contribution in [-0.2, 0) is 6.42 Å². The molecular formula is C7H6FN3. The summed E-state index contributed by atoms with van der Waals surface area (Å²) in [6.07, 6.45) is 0.816. The number of hydrogen-bond acceptors (Lipinski definition) is 3. The van der Waals surface area contributed by atoms with Crippen molar-refractivity contribution in [1.29, 1.82) is 5.26 Å². The minimum Gasteiger partial charge on any atom is -0.210 e. The van der Waals surface area contributed by atoms with Crippen LogP contribution in [0.25, 0.3) is 0 Å². The summed E-state index contributed by atoms with van der Waals surface area (Å²) in [5, 5.41) is 8.31. The fraction of sp³-hybridized carbons (Fsp3) is 0.286. The van der Waals surface area contributed by atoms with E-state index in [0.717, 1.165) is 0 Å². The van der Waals surface area contributed by atoms with Gasteiger partial charge in [0.25, 0.3) is 0 Å². The third kappa shape index (κ3) is 1.71. The van der Waals surface area contributed by atoms with Gasteiger partial charge < -0.3 is 0 Å². The van der Waals surface area contributed by atoms with E-state index >= 15 is 0 Å². The van der Waals surface area contributed by atoms with E-state index in [1.54, 1.807) is 6.92 Å². The fourth-order valence-corrected chi connectivity index (χ4v) is 0.722. The Labute approximate surface area is 63.5 Å². The summed E-state index contributed by atoms with van der Waals surface area (Å²) in [6, 6.07) is 1.94. The van der Waals surface area contributed by atoms with Crippen molar-refractivity contribution in [1.82, 2.24) is 9.97 Å². The molecule has 4 heteroatoms. The quantitative estimate of drug-likeness (QED) is 0.562. The Morgan fingerprint density at radius 2 is 2.45 bits per heavy atom. The monoisotopic (exact) mass is 151 g/mol. The molecule has 56 valence electrons. The van der Waals surface area contributed by atoms with E-state index in [1.807, 2.05) is 6.07 Å². The highest BCUT2D eigenvalue weighted by Crippen LogP contribution is 2.02. The molecule has 0 N–H and O–H groups in total. The lowest BCUT2D eigenvalue weighted by Gasteiger charge is -1.96. The second kappa shape index (κ2) is 3.06. The Bertz CT molecular complexity index is 303. The predicted octanol–water partition coefficient (Wildman–Crippen LogP) is 0.990. The molecule has 11 heavy (non-hydrogen) atoms. The highest BCUT2D eigenvalue weighted by atomic mass is 19.1. The van der Waals surface area contributed by atoms with E-state index in [1.165, 1.54) is 6.20 Å². The molecule has 0 aliphatic heterocycles. The van der Waals surface area contributed by atoms with Gasteiger partial charge in [0.05, 0.1) is 12.5 Å². The molecule has 0 atom stereocenters. The zero-order chi connectivity index (χ0) is 8.27. The van der Waals surface area contributed by atoms with Crippen LogP contribution in [0.4, 0.5) is 4.39 Å². The fourth-order valence-electron chi connectivity index (χ4n) is 0.722. The first-order chi connectivity index (χ1) is 5.24. The number of rotatable bonds is 1. The van der Waals surface area contributed by atoms with E-state index in [0.29, 0.717) is 11.3 Å². The van der Waals surface area contributed by atoms with E-state index < -0.39 is 6.08 Å². The number of hydrogen-bond donors (Lipinski definition) is 0. The second-order valence-electron chi connectivity index (χ2n) is 2.08. The average Bonchev–Trinajstić information content (AvgIpc) is 1.95. The number of aromatic nitrogens is 2. The average molecular weight is 151 g/mol. The van der Waals surface area contributed by atoms with Crippen molar-refractivity contribution in [2.75, 3.05) is 0 Å². The van der Waals surface area contributed by atoms with Crippen molar-refractivity contribution >= 4 is 0 Å². The topological polar surface area (TPSA) is 49.6 Å². The van der Waals surface area contributed by atoms with E-state index in [2.05, 4.69) is 9.97 Å². The predicted molar refractivity (Wildman–Crippen MR) is 36.0 cm³/mol. The van der Waals surface area contributed by atoms with Crippen LogP contribution < -0.4 is 0 Å². The van der Waals surface area contributed by atoms with Gasteiger partial charge in [-0.1, -0.05) is 0 Å². The number of halogens is 1. The van der Waals surface area contributed by atoms with Crippen LogP contribution in [0.1, 0.15) is 11.3 Å². The standard InChI is InChI=1S/C7H6FN3/c1-5-6(2-3-9)4-10-7(8)11-5/h4H,2H2,1H3. The molecule has 0 unspecified atom stereocenters. The van der Waals surface area contributed by atoms with Gasteiger partial charge in [-0.3, -0.25) is 0 Å². The number of aryl methyl sites for hydroxylation is 1. The molecule has 0 aliphatic rings. The van der Waals surface area contributed by atoms with Crippen molar-refractivity contribution in [3.63, 3.8) is 0 Å². The molecule has 0 saturated carbocycles. The van der Waals surface area contributed by atoms with E-state index in [4.69, 9.17) is 5.26 Å². The van der Waals surface area contributed by atoms with Gasteiger partial charge >= 0.3 is 6.08 Å². The maximum atomic E-state index is 12.3. The zero-order valence-electron chi connectivity index (χ0n) is 6.00. The van der Waals surface area contributed by atoms with Gasteiger partial charge in [0.15, 0.2) is 0 Å². The van der Waals surface area contributed by atoms with Gasteiger partial charge in [0.1, 0.15) is 0 Å². The van der Waals surface area contributed by atoms with E-state index in [-0.39, 0.29) is 6.42 Å². The zero-order valence-corrected chi connectivity index (χ0v) is 6.00. The Balaban J connectivity index is 3.01. The minimum atomic E-state index is -0.746. The number of nitriles is 1. The molecule has 0 bridgehead atoms. The van der Waals surface area contributed by atoms with Crippen LogP contribution in [0.3, 0.4) is 0 Å². The molecule has 0 amide bonds. The van der Waals surface area contributed by atoms with Gasteiger partial charge in [-0.05, 0) is 6.92 Å². The first-order valence-corrected chi connectivity index (χ1v) is 3.09. The van der Waals surface area contributed by atoms with Gasteiger partial charge in [0, 0.05) is 17.5 Å². The molecule has 0 saturated heterocycles. The molecule has 0 fully saturated rings. The molecule has 0 aliphatic carbocycles. The van der Waals surface area contributed by atoms with Crippen molar-refractivity contribution in [2.45, 2.75) is 13.3 Å². The lowest BCUT2D eigenvalue weighted by Crippen LogP contribution is -1.97. The Hall–Kier alpha value is -1.50. The molecule has 1 aromatic rings. The number of nitrogens with zero attached hydrogens (tertiary/aromatic N) is 3. The third-order valence-electron chi connectivity index (χ3n) is 1.32. The normalized spacial score (nSPS) is 9.18. The minimum absolute atomic E-state index is 0.228. The maximum Gasteiger partial charge on any atom is 0.308 e. The lowest BCUT2D eigenvalue weighted by molar-refractivity contribution is 0.533. The summed E-state index contributed by atoms with van der Waals surface area (Å²) < 4.78 is 12.3. The molecule has 1 rings (SSSR count). The van der Waals surface area contributed by atoms with Crippen LogP contribution in [-0.4, -0.2) is 9.97 Å². The first-order valence-electron chi connectivity index (χ1n) is 3.09. The highest BCUT2D eigenvalue weighted by molar-refractivity contribution is 5.17. The smallest absolute Gasteiger partial charge is 0.210 e. The van der Waals surface area contributed by atoms with Gasteiger partial charge in [-0.15, -0.1) is 0 Å². The summed E-state index contributed by atoms with van der Waals surface area (Å²) in [7, 11) is 0. The highest BCUT2D eigenvalue weighted by Gasteiger charge is 2.00. The van der Waals surface area contributed by atoms with Gasteiger partial charge in [0.2, 0.25) is 0 Å². The van der Waals surface area contributed by atoms with E-state index in [9.17, 15) is 4.39 Å². The van der Waals surface area contributed by atoms with Crippen molar-refractivity contribution in [3.8, 4) is 6.07 Å². The first kappa shape index (κ1) is 7.61. The summed E-state index contributed by atoms with van der Waals surface area (Å²) >= 11 is 0. The lowest BCUT2D eigenvalue weighted by atomic mass is 10.2. The molecular weight excluding hydrogens is 145 g/mol. The van der Waals surface area contributed by atoms with Crippen LogP contribution in [0, 0.1) is 24.3 Å². The molecule has 3 nitrogen and oxygen atoms in total. The summed E-state index contributed by atoms with van der Waals surface area (Å²) in [6.45, 7) is 1.65. The Morgan fingerprint density at radius 3 is 3.00 bits per heavy atom. The van der Waals surface area contributed by atoms with Crippen molar-refractivity contribution in [2.24, 2.45) is 0 Å². The van der Waals surface area contributed by atoms with Crippen LogP contribution >= 0.6 is 0 Å². The van der Waals surface area contributed by atoms with Crippen molar-refractivity contribution < 1.29 is 4.39 Å². The van der Waals surface area contributed by atoms with Gasteiger partial charge in [-0.2, -0.15) is 9.65 Å². The van der Waals surface area contributed by atoms with Gasteiger partial charge in [-0.25, -0.2) is 9.97 Å². The summed E-state index contributed by atoms with van der Waals surface area (Å²) in [5.41, 5.74) is 1.20. The van der Waals surface area contributed by atoms with Crippen LogP contribution in [0.15, 0.2) is 6.20 Å². The van der Waals surface area contributed by atoms with Crippen molar-refractivity contribution in [3.05, 3.63) is 23.5 Å². The Kier molecular flexibility index (Phi) is 2.12. The summed E-state index contributed by atoms with van der Waals surface area (Å²) in [5.74, 6) is 0. The van der Waals surface area contributed by atoms with Crippen LogP contribution in [0.2, 0.25) is 0 Å². The molecule has 0 aromatic carbocycles.